The molecule has 13 rings (SSSR count). The SMILES string of the molecule is C1=CCCC(c2nc(-c3ccccc3)nc(-c3c4ccccc4c(-c4cccc5c4oc4ccc(-c6c7ccccc7c(-c7ccccc7)c7ccccc67)cc45)c4ccccc34)n2)=C1. The second-order valence-electron chi connectivity index (χ2n) is 16.9. The van der Waals surface area contributed by atoms with Crippen LogP contribution in [0.25, 0.3) is 127 Å². The Balaban J connectivity index is 1.03. The maximum Gasteiger partial charge on any atom is 0.165 e. The molecule has 0 N–H and O–H groups in total. The van der Waals surface area contributed by atoms with Gasteiger partial charge in [0.2, 0.25) is 0 Å². The van der Waals surface area contributed by atoms with Crippen LogP contribution in [0.3, 0.4) is 0 Å². The van der Waals surface area contributed by atoms with Crippen LogP contribution in [0.15, 0.2) is 217 Å². The van der Waals surface area contributed by atoms with Crippen LogP contribution in [0.4, 0.5) is 0 Å². The molecule has 2 heterocycles. The summed E-state index contributed by atoms with van der Waals surface area (Å²) in [4.78, 5) is 15.6. The lowest BCUT2D eigenvalue weighted by Crippen LogP contribution is -2.04. The highest BCUT2D eigenvalue weighted by Crippen LogP contribution is 2.48. The normalized spacial score (nSPS) is 12.8. The molecule has 0 saturated heterocycles. The van der Waals surface area contributed by atoms with Crippen LogP contribution in [-0.4, -0.2) is 15.0 Å². The summed E-state index contributed by atoms with van der Waals surface area (Å²) in [5.41, 5.74) is 11.8. The van der Waals surface area contributed by atoms with E-state index in [0.717, 1.165) is 95.5 Å². The Hall–Kier alpha value is -8.47. The predicted octanol–water partition coefficient (Wildman–Crippen LogP) is 16.5. The van der Waals surface area contributed by atoms with Crippen molar-refractivity contribution in [3.63, 3.8) is 0 Å². The van der Waals surface area contributed by atoms with Crippen LogP contribution in [0.5, 0.6) is 0 Å². The minimum Gasteiger partial charge on any atom is -0.455 e. The Morgan fingerprint density at radius 2 is 0.846 bits per heavy atom. The topological polar surface area (TPSA) is 51.8 Å². The zero-order chi connectivity index (χ0) is 42.8. The molecular formula is C61H39N3O. The minimum atomic E-state index is 0.662. The number of furan rings is 1. The van der Waals surface area contributed by atoms with Gasteiger partial charge in [-0.2, -0.15) is 0 Å². The van der Waals surface area contributed by atoms with Crippen LogP contribution in [0.2, 0.25) is 0 Å². The molecule has 0 radical (unpaired) electrons. The van der Waals surface area contributed by atoms with E-state index in [0.29, 0.717) is 11.6 Å². The van der Waals surface area contributed by atoms with E-state index in [1.165, 1.54) is 38.2 Å². The van der Waals surface area contributed by atoms with Gasteiger partial charge in [0.1, 0.15) is 11.2 Å². The van der Waals surface area contributed by atoms with E-state index in [-0.39, 0.29) is 0 Å². The summed E-state index contributed by atoms with van der Waals surface area (Å²) in [6.45, 7) is 0. The molecule has 4 heteroatoms. The first kappa shape index (κ1) is 37.1. The lowest BCUT2D eigenvalue weighted by molar-refractivity contribution is 0.670. The Morgan fingerprint density at radius 1 is 0.354 bits per heavy atom. The summed E-state index contributed by atoms with van der Waals surface area (Å²) in [6.07, 6.45) is 8.28. The van der Waals surface area contributed by atoms with Crippen molar-refractivity contribution in [2.75, 3.05) is 0 Å². The number of nitrogens with zero attached hydrogens (tertiary/aromatic N) is 3. The highest BCUT2D eigenvalue weighted by molar-refractivity contribution is 6.25. The molecule has 0 fully saturated rings. The molecule has 2 aromatic heterocycles. The van der Waals surface area contributed by atoms with Crippen LogP contribution in [0, 0.1) is 0 Å². The number of allylic oxidation sites excluding steroid dienone is 4. The van der Waals surface area contributed by atoms with Gasteiger partial charge in [0.05, 0.1) is 0 Å². The van der Waals surface area contributed by atoms with Crippen molar-refractivity contribution in [3.8, 4) is 56.2 Å². The Kier molecular flexibility index (Phi) is 8.63. The van der Waals surface area contributed by atoms with Crippen LogP contribution in [0.1, 0.15) is 18.7 Å². The quantitative estimate of drug-likeness (QED) is 0.157. The molecule has 4 nitrogen and oxygen atoms in total. The molecule has 65 heavy (non-hydrogen) atoms. The van der Waals surface area contributed by atoms with Gasteiger partial charge < -0.3 is 4.42 Å². The third-order valence-corrected chi connectivity index (χ3v) is 13.2. The summed E-state index contributed by atoms with van der Waals surface area (Å²) in [7, 11) is 0. The first-order valence-electron chi connectivity index (χ1n) is 22.3. The summed E-state index contributed by atoms with van der Waals surface area (Å²) < 4.78 is 7.00. The zero-order valence-electron chi connectivity index (χ0n) is 35.4. The largest absolute Gasteiger partial charge is 0.455 e. The minimum absolute atomic E-state index is 0.662. The molecule has 0 atom stereocenters. The maximum atomic E-state index is 7.00. The number of rotatable bonds is 6. The van der Waals surface area contributed by atoms with Crippen LogP contribution >= 0.6 is 0 Å². The second kappa shape index (κ2) is 15.1. The fourth-order valence-electron chi connectivity index (χ4n) is 10.3. The Bertz CT molecular complexity index is 3820. The lowest BCUT2D eigenvalue weighted by Gasteiger charge is -2.18. The summed E-state index contributed by atoms with van der Waals surface area (Å²) >= 11 is 0. The van der Waals surface area contributed by atoms with Gasteiger partial charge in [-0.3, -0.25) is 0 Å². The van der Waals surface area contributed by atoms with E-state index in [2.05, 4.69) is 194 Å². The van der Waals surface area contributed by atoms with Crippen molar-refractivity contribution in [1.82, 2.24) is 15.0 Å². The molecule has 0 unspecified atom stereocenters. The number of para-hydroxylation sites is 1. The molecule has 1 aliphatic carbocycles. The first-order chi connectivity index (χ1) is 32.3. The Labute approximate surface area is 375 Å². The van der Waals surface area contributed by atoms with Crippen LogP contribution in [-0.2, 0) is 0 Å². The van der Waals surface area contributed by atoms with E-state index in [1.54, 1.807) is 0 Å². The first-order valence-corrected chi connectivity index (χ1v) is 22.3. The zero-order valence-corrected chi connectivity index (χ0v) is 35.4. The molecule has 304 valence electrons. The van der Waals surface area contributed by atoms with Crippen molar-refractivity contribution in [2.45, 2.75) is 12.8 Å². The number of hydrogen-bond acceptors (Lipinski definition) is 4. The van der Waals surface area contributed by atoms with Gasteiger partial charge in [-0.1, -0.05) is 200 Å². The lowest BCUT2D eigenvalue weighted by atomic mass is 9.85. The fourth-order valence-corrected chi connectivity index (χ4v) is 10.3. The van der Waals surface area contributed by atoms with E-state index in [4.69, 9.17) is 19.4 Å². The number of hydrogen-bond donors (Lipinski definition) is 0. The molecule has 0 spiro atoms. The molecule has 0 bridgehead atoms. The highest BCUT2D eigenvalue weighted by atomic mass is 16.3. The van der Waals surface area contributed by atoms with Gasteiger partial charge in [0, 0.05) is 33.0 Å². The van der Waals surface area contributed by atoms with Crippen molar-refractivity contribution < 1.29 is 4.42 Å². The summed E-state index contributed by atoms with van der Waals surface area (Å²) in [6, 6.07) is 69.3. The van der Waals surface area contributed by atoms with Gasteiger partial charge >= 0.3 is 0 Å². The van der Waals surface area contributed by atoms with Gasteiger partial charge in [-0.25, -0.2) is 15.0 Å². The van der Waals surface area contributed by atoms with E-state index >= 15 is 0 Å². The van der Waals surface area contributed by atoms with Crippen molar-refractivity contribution in [2.24, 2.45) is 0 Å². The average molecular weight is 830 g/mol. The third-order valence-electron chi connectivity index (χ3n) is 13.2. The molecule has 0 aliphatic heterocycles. The van der Waals surface area contributed by atoms with Crippen LogP contribution < -0.4 is 0 Å². The highest BCUT2D eigenvalue weighted by Gasteiger charge is 2.24. The monoisotopic (exact) mass is 829 g/mol. The van der Waals surface area contributed by atoms with Gasteiger partial charge in [0.25, 0.3) is 0 Å². The Morgan fingerprint density at radius 3 is 1.43 bits per heavy atom. The van der Waals surface area contributed by atoms with E-state index in [9.17, 15) is 0 Å². The van der Waals surface area contributed by atoms with E-state index < -0.39 is 0 Å². The van der Waals surface area contributed by atoms with Gasteiger partial charge in [-0.05, 0) is 95.9 Å². The fraction of sp³-hybridized carbons (Fsp3) is 0.0328. The van der Waals surface area contributed by atoms with E-state index in [1.807, 2.05) is 18.2 Å². The third kappa shape index (κ3) is 6.02. The summed E-state index contributed by atoms with van der Waals surface area (Å²) in [5, 5.41) is 11.4. The molecule has 0 saturated carbocycles. The number of benzene rings is 10. The molecule has 10 aromatic carbocycles. The number of fused-ring (bicyclic) bond motifs is 7. The maximum absolute atomic E-state index is 7.00. The molecule has 1 aliphatic rings. The van der Waals surface area contributed by atoms with Gasteiger partial charge in [-0.15, -0.1) is 0 Å². The van der Waals surface area contributed by atoms with Gasteiger partial charge in [0.15, 0.2) is 17.5 Å². The second-order valence-corrected chi connectivity index (χ2v) is 16.9. The summed E-state index contributed by atoms with van der Waals surface area (Å²) in [5.74, 6) is 2.04. The van der Waals surface area contributed by atoms with Crippen molar-refractivity contribution >= 4 is 70.6 Å². The van der Waals surface area contributed by atoms with Crippen molar-refractivity contribution in [3.05, 3.63) is 218 Å². The molecule has 12 aromatic rings. The average Bonchev–Trinajstić information content (AvgIpc) is 3.76. The molecule has 0 amide bonds. The standard InChI is InChI=1S/C61H39N3O/c1-4-19-38(20-5-1)54-42-25-10-12-27-44(42)55(45-28-13-11-26-43(45)54)41-35-36-53-52(37-41)50-33-18-34-51(58(50)65-53)56-46-29-14-16-31-48(46)57(49-32-17-15-30-47(49)56)61-63-59(39-21-6-2-7-22-39)62-60(64-61)40-23-8-3-9-24-40/h1-8,10-23,25-37H,9,24H2. The predicted molar refractivity (Wildman–Crippen MR) is 271 cm³/mol. The smallest absolute Gasteiger partial charge is 0.165 e. The number of aromatic nitrogens is 3. The van der Waals surface area contributed by atoms with Crippen molar-refractivity contribution in [1.29, 1.82) is 0 Å². The molecular weight excluding hydrogens is 791 g/mol.